The minimum Gasteiger partial charge on any atom is -0.480 e. The Morgan fingerprint density at radius 2 is 2.21 bits per heavy atom. The van der Waals surface area contributed by atoms with E-state index in [1.807, 2.05) is 31.4 Å². The average Bonchev–Trinajstić information content (AvgIpc) is 2.89. The van der Waals surface area contributed by atoms with Gasteiger partial charge in [0, 0.05) is 11.9 Å². The van der Waals surface area contributed by atoms with Gasteiger partial charge in [-0.2, -0.15) is 0 Å². The smallest absolute Gasteiger partial charge is 0.326 e. The van der Waals surface area contributed by atoms with Crippen LogP contribution in [-0.2, 0) is 4.79 Å². The number of thiophene rings is 1. The number of carboxylic acids is 1. The summed E-state index contributed by atoms with van der Waals surface area (Å²) < 4.78 is 0. The largest absolute Gasteiger partial charge is 0.480 e. The molecule has 0 fully saturated rings. The van der Waals surface area contributed by atoms with Gasteiger partial charge in [-0.25, -0.2) is 9.59 Å². The van der Waals surface area contributed by atoms with Crippen LogP contribution in [0.25, 0.3) is 0 Å². The van der Waals surface area contributed by atoms with Gasteiger partial charge in [0.25, 0.3) is 0 Å². The molecule has 0 spiro atoms. The van der Waals surface area contributed by atoms with Crippen molar-refractivity contribution in [2.24, 2.45) is 0 Å². The third-order valence-electron chi connectivity index (χ3n) is 3.03. The molecule has 0 aromatic carbocycles. The second-order valence-electron chi connectivity index (χ2n) is 4.43. The highest BCUT2D eigenvalue weighted by molar-refractivity contribution is 7.10. The fraction of sp³-hybridized carbons (Fsp3) is 0.538. The number of aliphatic carboxylic acids is 1. The summed E-state index contributed by atoms with van der Waals surface area (Å²) in [6, 6.07) is 2.63. The van der Waals surface area contributed by atoms with Crippen molar-refractivity contribution in [3.05, 3.63) is 22.4 Å². The Labute approximate surface area is 117 Å². The highest BCUT2D eigenvalue weighted by atomic mass is 32.1. The predicted molar refractivity (Wildman–Crippen MR) is 75.4 cm³/mol. The zero-order valence-electron chi connectivity index (χ0n) is 11.4. The summed E-state index contributed by atoms with van der Waals surface area (Å²) in [6.45, 7) is 3.81. The van der Waals surface area contributed by atoms with Crippen LogP contribution in [0.3, 0.4) is 0 Å². The molecule has 0 saturated heterocycles. The summed E-state index contributed by atoms with van der Waals surface area (Å²) in [5.74, 6) is -0.993. The lowest BCUT2D eigenvalue weighted by Gasteiger charge is -2.26. The van der Waals surface area contributed by atoms with E-state index in [0.717, 1.165) is 4.88 Å². The molecule has 1 aromatic heterocycles. The number of hydrogen-bond donors (Lipinski definition) is 2. The fourth-order valence-electron chi connectivity index (χ4n) is 1.69. The van der Waals surface area contributed by atoms with E-state index < -0.39 is 12.0 Å². The first-order valence-corrected chi connectivity index (χ1v) is 7.14. The van der Waals surface area contributed by atoms with E-state index in [9.17, 15) is 9.59 Å². The number of carbonyl (C=O) groups is 2. The number of nitrogens with zero attached hydrogens (tertiary/aromatic N) is 1. The van der Waals surface area contributed by atoms with Gasteiger partial charge in [-0.3, -0.25) is 0 Å². The van der Waals surface area contributed by atoms with Gasteiger partial charge in [-0.1, -0.05) is 19.4 Å². The van der Waals surface area contributed by atoms with Crippen molar-refractivity contribution in [3.8, 4) is 0 Å². The Balaban J connectivity index is 2.63. The number of carbonyl (C=O) groups excluding carboxylic acids is 1. The number of amides is 2. The fourth-order valence-corrected chi connectivity index (χ4v) is 2.52. The van der Waals surface area contributed by atoms with E-state index in [0.29, 0.717) is 12.8 Å². The van der Waals surface area contributed by atoms with Gasteiger partial charge in [0.2, 0.25) is 0 Å². The monoisotopic (exact) mass is 284 g/mol. The minimum absolute atomic E-state index is 0.0731. The highest BCUT2D eigenvalue weighted by Gasteiger charge is 2.23. The van der Waals surface area contributed by atoms with Gasteiger partial charge in [-0.15, -0.1) is 11.3 Å². The first-order chi connectivity index (χ1) is 8.97. The van der Waals surface area contributed by atoms with Crippen molar-refractivity contribution < 1.29 is 14.7 Å². The van der Waals surface area contributed by atoms with Gasteiger partial charge in [0.1, 0.15) is 6.04 Å². The molecule has 0 bridgehead atoms. The molecule has 0 aliphatic carbocycles. The molecule has 0 radical (unpaired) electrons. The molecule has 2 atom stereocenters. The Morgan fingerprint density at radius 1 is 1.53 bits per heavy atom. The van der Waals surface area contributed by atoms with Crippen molar-refractivity contribution in [2.45, 2.75) is 38.8 Å². The molecule has 0 saturated carbocycles. The summed E-state index contributed by atoms with van der Waals surface area (Å²) in [7, 11) is 1.67. The van der Waals surface area contributed by atoms with Gasteiger partial charge < -0.3 is 15.3 Å². The number of rotatable bonds is 6. The van der Waals surface area contributed by atoms with Crippen LogP contribution in [0.1, 0.15) is 37.6 Å². The molecule has 2 unspecified atom stereocenters. The van der Waals surface area contributed by atoms with E-state index in [2.05, 4.69) is 5.32 Å². The zero-order chi connectivity index (χ0) is 14.4. The van der Waals surface area contributed by atoms with Crippen LogP contribution in [0.4, 0.5) is 4.79 Å². The maximum Gasteiger partial charge on any atom is 0.326 e. The van der Waals surface area contributed by atoms with Crippen LogP contribution in [0.15, 0.2) is 17.5 Å². The third kappa shape index (κ3) is 4.24. The molecular weight excluding hydrogens is 264 g/mol. The lowest BCUT2D eigenvalue weighted by Crippen LogP contribution is -2.47. The van der Waals surface area contributed by atoms with Crippen molar-refractivity contribution in [1.82, 2.24) is 10.2 Å². The van der Waals surface area contributed by atoms with Gasteiger partial charge in [0.05, 0.1) is 6.04 Å². The van der Waals surface area contributed by atoms with E-state index in [-0.39, 0.29) is 12.1 Å². The Hall–Kier alpha value is -1.56. The van der Waals surface area contributed by atoms with Gasteiger partial charge in [0.15, 0.2) is 0 Å². The van der Waals surface area contributed by atoms with E-state index in [1.54, 1.807) is 18.4 Å². The van der Waals surface area contributed by atoms with E-state index in [1.165, 1.54) is 4.90 Å². The Morgan fingerprint density at radius 3 is 2.68 bits per heavy atom. The van der Waals surface area contributed by atoms with Crippen LogP contribution < -0.4 is 5.32 Å². The molecule has 0 aliphatic heterocycles. The molecule has 106 valence electrons. The third-order valence-corrected chi connectivity index (χ3v) is 4.07. The molecule has 0 aliphatic rings. The van der Waals surface area contributed by atoms with Crippen molar-refractivity contribution >= 4 is 23.3 Å². The zero-order valence-corrected chi connectivity index (χ0v) is 12.2. The number of urea groups is 1. The molecule has 2 amide bonds. The van der Waals surface area contributed by atoms with E-state index in [4.69, 9.17) is 5.11 Å². The van der Waals surface area contributed by atoms with Crippen molar-refractivity contribution in [3.63, 3.8) is 0 Å². The average molecular weight is 284 g/mol. The quantitative estimate of drug-likeness (QED) is 0.844. The topological polar surface area (TPSA) is 69.6 Å². The number of nitrogens with one attached hydrogen (secondary N) is 1. The second-order valence-corrected chi connectivity index (χ2v) is 5.41. The summed E-state index contributed by atoms with van der Waals surface area (Å²) in [5.41, 5.74) is 0. The minimum atomic E-state index is -0.993. The summed E-state index contributed by atoms with van der Waals surface area (Å²) >= 11 is 1.57. The standard InChI is InChI=1S/C13H20N2O3S/c1-4-6-10(12(16)17)14-13(18)15(3)9(2)11-7-5-8-19-11/h5,7-10H,4,6H2,1-3H3,(H,14,18)(H,16,17). The SMILES string of the molecule is CCCC(NC(=O)N(C)C(C)c1cccs1)C(=O)O. The predicted octanol–water partition coefficient (Wildman–Crippen LogP) is 2.70. The molecule has 2 N–H and O–H groups in total. The summed E-state index contributed by atoms with van der Waals surface area (Å²) in [5, 5.41) is 13.5. The lowest BCUT2D eigenvalue weighted by molar-refractivity contribution is -0.139. The van der Waals surface area contributed by atoms with E-state index >= 15 is 0 Å². The Bertz CT molecular complexity index is 420. The first kappa shape index (κ1) is 15.5. The number of carboxylic acid groups (broad SMARTS) is 1. The maximum atomic E-state index is 12.0. The highest BCUT2D eigenvalue weighted by Crippen LogP contribution is 2.23. The number of hydrogen-bond acceptors (Lipinski definition) is 3. The van der Waals surface area contributed by atoms with Crippen molar-refractivity contribution in [2.75, 3.05) is 7.05 Å². The molecule has 1 heterocycles. The van der Waals surface area contributed by atoms with Crippen LogP contribution in [0.5, 0.6) is 0 Å². The molecule has 1 rings (SSSR count). The van der Waals surface area contributed by atoms with Crippen LogP contribution in [0, 0.1) is 0 Å². The van der Waals surface area contributed by atoms with Gasteiger partial charge >= 0.3 is 12.0 Å². The summed E-state index contributed by atoms with van der Waals surface area (Å²) in [4.78, 5) is 25.6. The lowest BCUT2D eigenvalue weighted by atomic mass is 10.2. The normalized spacial score (nSPS) is 13.6. The van der Waals surface area contributed by atoms with Crippen LogP contribution >= 0.6 is 11.3 Å². The second kappa shape index (κ2) is 7.13. The molecule has 19 heavy (non-hydrogen) atoms. The molecule has 1 aromatic rings. The van der Waals surface area contributed by atoms with Gasteiger partial charge in [-0.05, 0) is 24.8 Å². The van der Waals surface area contributed by atoms with Crippen LogP contribution in [-0.4, -0.2) is 35.1 Å². The molecule has 5 nitrogen and oxygen atoms in total. The Kier molecular flexibility index (Phi) is 5.82. The van der Waals surface area contributed by atoms with Crippen molar-refractivity contribution in [1.29, 1.82) is 0 Å². The maximum absolute atomic E-state index is 12.0. The summed E-state index contributed by atoms with van der Waals surface area (Å²) in [6.07, 6.45) is 1.14. The molecule has 6 heteroatoms. The van der Waals surface area contributed by atoms with Crippen LogP contribution in [0.2, 0.25) is 0 Å². The molecular formula is C13H20N2O3S. The first-order valence-electron chi connectivity index (χ1n) is 6.26.